The Morgan fingerprint density at radius 1 is 1.62 bits per heavy atom. The van der Waals surface area contributed by atoms with E-state index in [4.69, 9.17) is 11.1 Å². The molecule has 0 rings (SSSR count). The molecule has 0 aromatic heterocycles. The first-order valence-electron chi connectivity index (χ1n) is 2.50. The monoisotopic (exact) mass is 147 g/mol. The highest BCUT2D eigenvalue weighted by atomic mass is 35.6. The lowest BCUT2D eigenvalue weighted by Crippen LogP contribution is -2.31. The topological polar surface area (TPSA) is 0 Å². The third-order valence-electron chi connectivity index (χ3n) is 1.21. The lowest BCUT2D eigenvalue weighted by atomic mass is 10.2. The molecule has 0 saturated carbocycles. The minimum Gasteiger partial charge on any atom is -0.104 e. The second-order valence-corrected chi connectivity index (χ2v) is 8.30. The van der Waals surface area contributed by atoms with Gasteiger partial charge in [0.2, 0.25) is 0 Å². The van der Waals surface area contributed by atoms with Gasteiger partial charge in [0.05, 0.1) is 6.92 Å². The van der Waals surface area contributed by atoms with E-state index in [9.17, 15) is 0 Å². The van der Waals surface area contributed by atoms with Crippen molar-refractivity contribution < 1.29 is 0 Å². The summed E-state index contributed by atoms with van der Waals surface area (Å²) in [5, 5.41) is -0.130. The largest absolute Gasteiger partial charge is 0.411 e. The van der Waals surface area contributed by atoms with Crippen LogP contribution in [-0.4, -0.2) is 7.38 Å². The van der Waals surface area contributed by atoms with Gasteiger partial charge in [0, 0.05) is 13.1 Å². The van der Waals surface area contributed by atoms with Crippen molar-refractivity contribution in [3.63, 3.8) is 0 Å². The molecule has 0 fully saturated rings. The van der Waals surface area contributed by atoms with Crippen molar-refractivity contribution in [3.8, 4) is 0 Å². The molecule has 0 N–H and O–H groups in total. The Morgan fingerprint density at radius 3 is 1.75 bits per heavy atom. The van der Waals surface area contributed by atoms with Gasteiger partial charge in [-0.1, -0.05) is 0 Å². The summed E-state index contributed by atoms with van der Waals surface area (Å²) in [4.78, 5) is 0. The maximum absolute atomic E-state index is 5.86. The molecule has 0 aliphatic carbocycles. The van der Waals surface area contributed by atoms with E-state index < -0.39 is 7.38 Å². The Morgan fingerprint density at radius 2 is 1.75 bits per heavy atom. The molecular formula is C6H12ClSi+2. The number of halogens is 1. The molecule has 0 aromatic carbocycles. The van der Waals surface area contributed by atoms with Crippen LogP contribution >= 0.6 is 11.1 Å². The fourth-order valence-corrected chi connectivity index (χ4v) is 0. The van der Waals surface area contributed by atoms with Gasteiger partial charge in [0.15, 0.2) is 0 Å². The van der Waals surface area contributed by atoms with Crippen LogP contribution in [0.1, 0.15) is 13.8 Å². The van der Waals surface area contributed by atoms with Crippen molar-refractivity contribution in [2.45, 2.75) is 18.9 Å². The fraction of sp³-hybridized carbons (Fsp3) is 0.500. The van der Waals surface area contributed by atoms with Crippen LogP contribution < -0.4 is 0 Å². The average Bonchev–Trinajstić information content (AvgIpc) is 1.25. The van der Waals surface area contributed by atoms with E-state index in [-0.39, 0.29) is 5.04 Å². The maximum Gasteiger partial charge on any atom is 0.411 e. The molecule has 0 amide bonds. The lowest BCUT2D eigenvalue weighted by molar-refractivity contribution is 0.829. The molecule has 0 aliphatic heterocycles. The van der Waals surface area contributed by atoms with E-state index in [1.165, 1.54) is 0 Å². The number of hydrogen-bond donors (Lipinski definition) is 0. The van der Waals surface area contributed by atoms with Crippen molar-refractivity contribution in [3.05, 3.63) is 20.0 Å². The lowest BCUT2D eigenvalue weighted by Gasteiger charge is -2.13. The Hall–Kier alpha value is 0.247. The molecule has 0 saturated heterocycles. The van der Waals surface area contributed by atoms with E-state index >= 15 is 0 Å². The summed E-state index contributed by atoms with van der Waals surface area (Å²) in [6, 6.07) is 0. The van der Waals surface area contributed by atoms with Crippen LogP contribution in [0.3, 0.4) is 0 Å². The van der Waals surface area contributed by atoms with E-state index in [1.54, 1.807) is 0 Å². The van der Waals surface area contributed by atoms with E-state index in [2.05, 4.69) is 20.0 Å². The van der Waals surface area contributed by atoms with Gasteiger partial charge in [0.25, 0.3) is 0 Å². The fourth-order valence-electron chi connectivity index (χ4n) is 0. The van der Waals surface area contributed by atoms with Crippen molar-refractivity contribution in [2.75, 3.05) is 0 Å². The first-order chi connectivity index (χ1) is 3.25. The zero-order chi connectivity index (χ0) is 7.00. The summed E-state index contributed by atoms with van der Waals surface area (Å²) in [6.07, 6.45) is 0. The maximum atomic E-state index is 5.86. The summed E-state index contributed by atoms with van der Waals surface area (Å²) in [7, 11) is -2.00. The van der Waals surface area contributed by atoms with Crippen molar-refractivity contribution >= 4 is 18.5 Å². The first-order valence-corrected chi connectivity index (χ1v) is 5.93. The molecule has 0 spiro atoms. The standard InChI is InChI=1S/C6H12ClSi/c1-6(2,3)8(4,5)7/h1,4-5H2,2-3H3/q+2. The van der Waals surface area contributed by atoms with Gasteiger partial charge in [-0.3, -0.25) is 0 Å². The molecule has 0 aromatic rings. The first kappa shape index (κ1) is 8.25. The molecule has 1 radical (unpaired) electrons. The number of rotatable bonds is 1. The third-order valence-corrected chi connectivity index (χ3v) is 5.17. The van der Waals surface area contributed by atoms with E-state index in [0.717, 1.165) is 0 Å². The van der Waals surface area contributed by atoms with Crippen molar-refractivity contribution in [1.29, 1.82) is 0 Å². The second kappa shape index (κ2) is 1.89. The van der Waals surface area contributed by atoms with Gasteiger partial charge < -0.3 is 0 Å². The average molecular weight is 148 g/mol. The van der Waals surface area contributed by atoms with Crippen LogP contribution in [0.4, 0.5) is 0 Å². The Bertz CT molecular complexity index is 63.5. The summed E-state index contributed by atoms with van der Waals surface area (Å²) < 4.78 is 0. The van der Waals surface area contributed by atoms with Crippen LogP contribution in [0.25, 0.3) is 0 Å². The number of hydrogen-bond acceptors (Lipinski definition) is 0. The minimum absolute atomic E-state index is 0.130. The molecule has 0 unspecified atom stereocenters. The van der Waals surface area contributed by atoms with E-state index in [1.807, 2.05) is 13.8 Å². The van der Waals surface area contributed by atoms with Gasteiger partial charge in [0.1, 0.15) is 5.04 Å². The molecule has 0 nitrogen and oxygen atoms in total. The molecule has 0 aliphatic rings. The van der Waals surface area contributed by atoms with Crippen LogP contribution in [0.15, 0.2) is 0 Å². The van der Waals surface area contributed by atoms with Crippen LogP contribution in [0.2, 0.25) is 5.04 Å². The molecule has 8 heavy (non-hydrogen) atoms. The highest BCUT2D eigenvalue weighted by Gasteiger charge is 2.49. The molecule has 0 bridgehead atoms. The smallest absolute Gasteiger partial charge is 0.104 e. The molecule has 2 heteroatoms. The Balaban J connectivity index is 4.02. The summed E-state index contributed by atoms with van der Waals surface area (Å²) in [6.45, 7) is 15.3. The predicted octanol–water partition coefficient (Wildman–Crippen LogP) is 2.53. The highest BCUT2D eigenvalue weighted by Crippen LogP contribution is 2.36. The highest BCUT2D eigenvalue weighted by molar-refractivity contribution is 7.24. The Labute approximate surface area is 58.0 Å². The SMILES string of the molecule is [CH2][Si]([CH2+])(Cl)C([CH2+])(C)C. The van der Waals surface area contributed by atoms with Gasteiger partial charge in [-0.05, 0) is 13.8 Å². The van der Waals surface area contributed by atoms with Crippen LogP contribution in [0, 0.1) is 20.0 Å². The zero-order valence-electron chi connectivity index (χ0n) is 5.50. The quantitative estimate of drug-likeness (QED) is 0.304. The molecular weight excluding hydrogens is 136 g/mol. The molecule has 0 heterocycles. The summed E-state index contributed by atoms with van der Waals surface area (Å²) in [5.41, 5.74) is 0. The van der Waals surface area contributed by atoms with E-state index in [0.29, 0.717) is 0 Å². The van der Waals surface area contributed by atoms with Gasteiger partial charge >= 0.3 is 7.38 Å². The van der Waals surface area contributed by atoms with Gasteiger partial charge in [-0.15, -0.1) is 11.1 Å². The third kappa shape index (κ3) is 2.01. The van der Waals surface area contributed by atoms with Crippen LogP contribution in [0.5, 0.6) is 0 Å². The normalized spacial score (nSPS) is 20.0. The van der Waals surface area contributed by atoms with Crippen LogP contribution in [-0.2, 0) is 0 Å². The second-order valence-electron chi connectivity index (χ2n) is 2.85. The van der Waals surface area contributed by atoms with Crippen molar-refractivity contribution in [2.24, 2.45) is 0 Å². The predicted molar refractivity (Wildman–Crippen MR) is 41.7 cm³/mol. The molecule has 0 atom stereocenters. The summed E-state index contributed by atoms with van der Waals surface area (Å²) in [5.74, 6) is 0. The minimum atomic E-state index is -2.00. The Kier molecular flexibility index (Phi) is 1.94. The molecule has 45 valence electrons. The zero-order valence-corrected chi connectivity index (χ0v) is 7.26. The van der Waals surface area contributed by atoms with Gasteiger partial charge in [-0.25, -0.2) is 0 Å². The van der Waals surface area contributed by atoms with Crippen molar-refractivity contribution in [1.82, 2.24) is 0 Å². The van der Waals surface area contributed by atoms with Gasteiger partial charge in [-0.2, -0.15) is 0 Å². The summed E-state index contributed by atoms with van der Waals surface area (Å²) >= 11 is 5.86.